The fourth-order valence-electron chi connectivity index (χ4n) is 0.956. The Kier molecular flexibility index (Phi) is 4.17. The third kappa shape index (κ3) is 4.80. The monoisotopic (exact) mass is 229 g/mol. The van der Waals surface area contributed by atoms with Gasteiger partial charge in [-0.2, -0.15) is 0 Å². The van der Waals surface area contributed by atoms with E-state index in [1.54, 1.807) is 11.3 Å². The van der Waals surface area contributed by atoms with Gasteiger partial charge < -0.3 is 5.32 Å². The Morgan fingerprint density at radius 2 is 2.21 bits per heavy atom. The topological polar surface area (TPSA) is 12.0 Å². The Hall–Kier alpha value is -0.310. The molecule has 0 aromatic carbocycles. The van der Waals surface area contributed by atoms with Gasteiger partial charge >= 0.3 is 0 Å². The molecule has 0 bridgehead atoms. The molecule has 0 spiro atoms. The second-order valence-corrected chi connectivity index (χ2v) is 5.58. The summed E-state index contributed by atoms with van der Waals surface area (Å²) in [5, 5.41) is 6.14. The SMILES string of the molecule is CC(C)(C)NCC=Cc1cc(Cl)cs1. The Balaban J connectivity index is 2.35. The molecule has 0 saturated heterocycles. The fourth-order valence-corrected chi connectivity index (χ4v) is 1.96. The zero-order valence-electron chi connectivity index (χ0n) is 8.80. The van der Waals surface area contributed by atoms with Crippen LogP contribution in [0, 0.1) is 0 Å². The summed E-state index contributed by atoms with van der Waals surface area (Å²) in [6, 6.07) is 1.97. The largest absolute Gasteiger partial charge is 0.309 e. The van der Waals surface area contributed by atoms with E-state index in [1.807, 2.05) is 11.4 Å². The highest BCUT2D eigenvalue weighted by Crippen LogP contribution is 2.19. The molecular formula is C11H16ClNS. The molecule has 0 atom stereocenters. The summed E-state index contributed by atoms with van der Waals surface area (Å²) in [7, 11) is 0. The van der Waals surface area contributed by atoms with Crippen molar-refractivity contribution in [3.63, 3.8) is 0 Å². The minimum Gasteiger partial charge on any atom is -0.309 e. The molecule has 78 valence electrons. The summed E-state index contributed by atoms with van der Waals surface area (Å²) >= 11 is 7.47. The van der Waals surface area contributed by atoms with Gasteiger partial charge in [-0.3, -0.25) is 0 Å². The van der Waals surface area contributed by atoms with Gasteiger partial charge in [0.1, 0.15) is 0 Å². The molecule has 1 N–H and O–H groups in total. The van der Waals surface area contributed by atoms with E-state index in [1.165, 1.54) is 4.88 Å². The first-order chi connectivity index (χ1) is 6.47. The lowest BCUT2D eigenvalue weighted by Crippen LogP contribution is -2.35. The van der Waals surface area contributed by atoms with Crippen LogP contribution in [0.3, 0.4) is 0 Å². The summed E-state index contributed by atoms with van der Waals surface area (Å²) in [6.07, 6.45) is 4.21. The van der Waals surface area contributed by atoms with Gasteiger partial charge in [0.2, 0.25) is 0 Å². The highest BCUT2D eigenvalue weighted by Gasteiger charge is 2.05. The van der Waals surface area contributed by atoms with Gasteiger partial charge in [-0.1, -0.05) is 17.7 Å². The van der Waals surface area contributed by atoms with Crippen molar-refractivity contribution in [3.05, 3.63) is 27.4 Å². The van der Waals surface area contributed by atoms with Crippen molar-refractivity contribution in [2.75, 3.05) is 6.54 Å². The van der Waals surface area contributed by atoms with Crippen LogP contribution < -0.4 is 5.32 Å². The van der Waals surface area contributed by atoms with Crippen molar-refractivity contribution in [3.8, 4) is 0 Å². The Bertz CT molecular complexity index is 309. The number of rotatable bonds is 3. The third-order valence-corrected chi connectivity index (χ3v) is 2.87. The van der Waals surface area contributed by atoms with Crippen LogP contribution in [0.15, 0.2) is 17.5 Å². The Morgan fingerprint density at radius 1 is 1.50 bits per heavy atom. The quantitative estimate of drug-likeness (QED) is 0.832. The first kappa shape index (κ1) is 11.8. The molecule has 0 saturated carbocycles. The molecule has 1 heterocycles. The molecule has 1 rings (SSSR count). The molecule has 0 amide bonds. The van der Waals surface area contributed by atoms with Crippen molar-refractivity contribution in [2.24, 2.45) is 0 Å². The average molecular weight is 230 g/mol. The zero-order valence-corrected chi connectivity index (χ0v) is 10.4. The number of hydrogen-bond acceptors (Lipinski definition) is 2. The maximum absolute atomic E-state index is 5.81. The molecule has 0 aliphatic carbocycles. The minimum atomic E-state index is 0.178. The predicted octanol–water partition coefficient (Wildman–Crippen LogP) is 3.80. The van der Waals surface area contributed by atoms with Crippen LogP contribution in [0.2, 0.25) is 5.02 Å². The lowest BCUT2D eigenvalue weighted by molar-refractivity contribution is 0.450. The van der Waals surface area contributed by atoms with Crippen molar-refractivity contribution >= 4 is 29.0 Å². The second-order valence-electron chi connectivity index (χ2n) is 4.20. The van der Waals surface area contributed by atoms with E-state index in [9.17, 15) is 0 Å². The molecule has 0 aliphatic rings. The van der Waals surface area contributed by atoms with Gasteiger partial charge in [-0.15, -0.1) is 11.3 Å². The van der Waals surface area contributed by atoms with E-state index in [0.29, 0.717) is 0 Å². The van der Waals surface area contributed by atoms with E-state index < -0.39 is 0 Å². The normalized spacial score (nSPS) is 12.6. The molecule has 1 nitrogen and oxygen atoms in total. The van der Waals surface area contributed by atoms with Crippen LogP contribution in [0.1, 0.15) is 25.6 Å². The smallest absolute Gasteiger partial charge is 0.0519 e. The highest BCUT2D eigenvalue weighted by atomic mass is 35.5. The number of nitrogens with one attached hydrogen (secondary N) is 1. The first-order valence-electron chi connectivity index (χ1n) is 4.63. The van der Waals surface area contributed by atoms with Crippen molar-refractivity contribution < 1.29 is 0 Å². The number of hydrogen-bond donors (Lipinski definition) is 1. The summed E-state index contributed by atoms with van der Waals surface area (Å²) < 4.78 is 0. The van der Waals surface area contributed by atoms with Crippen LogP contribution in [0.25, 0.3) is 6.08 Å². The van der Waals surface area contributed by atoms with Crippen molar-refractivity contribution in [2.45, 2.75) is 26.3 Å². The van der Waals surface area contributed by atoms with Crippen LogP contribution in [0.4, 0.5) is 0 Å². The molecule has 0 fully saturated rings. The molecule has 0 unspecified atom stereocenters. The summed E-state index contributed by atoms with van der Waals surface area (Å²) in [5.41, 5.74) is 0.178. The van der Waals surface area contributed by atoms with Crippen LogP contribution in [-0.2, 0) is 0 Å². The average Bonchev–Trinajstić information content (AvgIpc) is 2.44. The Morgan fingerprint density at radius 3 is 2.71 bits per heavy atom. The molecule has 0 radical (unpaired) electrons. The van der Waals surface area contributed by atoms with Gasteiger partial charge in [0.25, 0.3) is 0 Å². The maximum Gasteiger partial charge on any atom is 0.0519 e. The molecule has 0 aliphatic heterocycles. The summed E-state index contributed by atoms with van der Waals surface area (Å²) in [6.45, 7) is 7.35. The number of thiophene rings is 1. The zero-order chi connectivity index (χ0) is 10.6. The van der Waals surface area contributed by atoms with Gasteiger partial charge in [0.15, 0.2) is 0 Å². The fraction of sp³-hybridized carbons (Fsp3) is 0.455. The maximum atomic E-state index is 5.81. The van der Waals surface area contributed by atoms with E-state index in [-0.39, 0.29) is 5.54 Å². The second kappa shape index (κ2) is 4.96. The van der Waals surface area contributed by atoms with Crippen LogP contribution in [-0.4, -0.2) is 12.1 Å². The standard InChI is InChI=1S/C11H16ClNS/c1-11(2,3)13-6-4-5-10-7-9(12)8-14-10/h4-5,7-8,13H,6H2,1-3H3. The van der Waals surface area contributed by atoms with E-state index in [2.05, 4.69) is 38.2 Å². The third-order valence-electron chi connectivity index (χ3n) is 1.62. The van der Waals surface area contributed by atoms with Gasteiger partial charge in [-0.05, 0) is 32.9 Å². The molecular weight excluding hydrogens is 214 g/mol. The van der Waals surface area contributed by atoms with E-state index >= 15 is 0 Å². The van der Waals surface area contributed by atoms with Gasteiger partial charge in [-0.25, -0.2) is 0 Å². The minimum absolute atomic E-state index is 0.178. The Labute approximate surface area is 94.8 Å². The van der Waals surface area contributed by atoms with Crippen molar-refractivity contribution in [1.82, 2.24) is 5.32 Å². The van der Waals surface area contributed by atoms with Crippen LogP contribution in [0.5, 0.6) is 0 Å². The molecule has 1 aromatic heterocycles. The van der Waals surface area contributed by atoms with Gasteiger partial charge in [0, 0.05) is 22.3 Å². The molecule has 1 aromatic rings. The summed E-state index contributed by atoms with van der Waals surface area (Å²) in [4.78, 5) is 1.20. The first-order valence-corrected chi connectivity index (χ1v) is 5.89. The summed E-state index contributed by atoms with van der Waals surface area (Å²) in [5.74, 6) is 0. The predicted molar refractivity (Wildman–Crippen MR) is 66.1 cm³/mol. The van der Waals surface area contributed by atoms with E-state index in [4.69, 9.17) is 11.6 Å². The molecule has 14 heavy (non-hydrogen) atoms. The lowest BCUT2D eigenvalue weighted by atomic mass is 10.1. The van der Waals surface area contributed by atoms with E-state index in [0.717, 1.165) is 11.6 Å². The molecule has 3 heteroatoms. The van der Waals surface area contributed by atoms with Crippen LogP contribution >= 0.6 is 22.9 Å². The lowest BCUT2D eigenvalue weighted by Gasteiger charge is -2.18. The number of halogens is 1. The van der Waals surface area contributed by atoms with Crippen molar-refractivity contribution in [1.29, 1.82) is 0 Å². The van der Waals surface area contributed by atoms with Gasteiger partial charge in [0.05, 0.1) is 5.02 Å². The highest BCUT2D eigenvalue weighted by molar-refractivity contribution is 7.11.